The standard InChI is InChI=1S/C21H32N4O3/c1-6-23(7-2)18-10-8-17(9-11-18)22-19(27)21(4,5)20(28)25-14-12-24(13-15-25)16(3)26/h8-11H,6-7,12-15H2,1-5H3,(H,22,27). The van der Waals surface area contributed by atoms with E-state index in [2.05, 4.69) is 24.1 Å². The highest BCUT2D eigenvalue weighted by molar-refractivity contribution is 6.09. The molecule has 1 aliphatic rings. The van der Waals surface area contributed by atoms with Gasteiger partial charge in [-0.2, -0.15) is 0 Å². The van der Waals surface area contributed by atoms with Crippen molar-refractivity contribution in [1.29, 1.82) is 0 Å². The summed E-state index contributed by atoms with van der Waals surface area (Å²) in [5, 5.41) is 2.86. The zero-order chi connectivity index (χ0) is 20.9. The van der Waals surface area contributed by atoms with Gasteiger partial charge in [-0.15, -0.1) is 0 Å². The number of rotatable bonds is 6. The third-order valence-corrected chi connectivity index (χ3v) is 5.37. The molecular formula is C21H32N4O3. The maximum atomic E-state index is 12.9. The Labute approximate surface area is 167 Å². The Hall–Kier alpha value is -2.57. The predicted molar refractivity (Wildman–Crippen MR) is 111 cm³/mol. The van der Waals surface area contributed by atoms with Crippen LogP contribution in [0.2, 0.25) is 0 Å². The molecule has 7 heteroatoms. The van der Waals surface area contributed by atoms with E-state index in [1.807, 2.05) is 24.3 Å². The third kappa shape index (κ3) is 4.82. The van der Waals surface area contributed by atoms with Crippen molar-refractivity contribution in [2.45, 2.75) is 34.6 Å². The van der Waals surface area contributed by atoms with Gasteiger partial charge in [0.05, 0.1) is 0 Å². The van der Waals surface area contributed by atoms with E-state index in [0.717, 1.165) is 18.8 Å². The second-order valence-corrected chi connectivity index (χ2v) is 7.60. The minimum atomic E-state index is -1.18. The van der Waals surface area contributed by atoms with Gasteiger partial charge in [-0.3, -0.25) is 14.4 Å². The molecule has 0 spiro atoms. The summed E-state index contributed by atoms with van der Waals surface area (Å²) in [6.45, 7) is 12.8. The molecule has 0 aromatic heterocycles. The summed E-state index contributed by atoms with van der Waals surface area (Å²) >= 11 is 0. The van der Waals surface area contributed by atoms with Gasteiger partial charge in [-0.25, -0.2) is 0 Å². The summed E-state index contributed by atoms with van der Waals surface area (Å²) in [5.41, 5.74) is 0.584. The first-order valence-electron chi connectivity index (χ1n) is 9.92. The van der Waals surface area contributed by atoms with Crippen LogP contribution < -0.4 is 10.2 Å². The largest absolute Gasteiger partial charge is 0.372 e. The molecule has 1 aliphatic heterocycles. The number of benzene rings is 1. The first kappa shape index (κ1) is 21.7. The van der Waals surface area contributed by atoms with Gasteiger partial charge in [0, 0.05) is 57.6 Å². The maximum Gasteiger partial charge on any atom is 0.239 e. The molecule has 1 aromatic rings. The Balaban J connectivity index is 2.00. The van der Waals surface area contributed by atoms with Gasteiger partial charge in [0.1, 0.15) is 5.41 Å². The van der Waals surface area contributed by atoms with Crippen molar-refractivity contribution in [3.63, 3.8) is 0 Å². The van der Waals surface area contributed by atoms with Crippen molar-refractivity contribution >= 4 is 29.1 Å². The lowest BCUT2D eigenvalue weighted by Gasteiger charge is -2.37. The summed E-state index contributed by atoms with van der Waals surface area (Å²) in [6, 6.07) is 7.66. The lowest BCUT2D eigenvalue weighted by Crippen LogP contribution is -2.55. The van der Waals surface area contributed by atoms with Crippen LogP contribution in [0, 0.1) is 5.41 Å². The fourth-order valence-corrected chi connectivity index (χ4v) is 3.35. The molecule has 1 aromatic carbocycles. The van der Waals surface area contributed by atoms with Crippen molar-refractivity contribution in [3.8, 4) is 0 Å². The SMILES string of the molecule is CCN(CC)c1ccc(NC(=O)C(C)(C)C(=O)N2CCN(C(C)=O)CC2)cc1. The van der Waals surface area contributed by atoms with Crippen LogP contribution in [0.5, 0.6) is 0 Å². The molecule has 0 bridgehead atoms. The number of carbonyl (C=O) groups excluding carboxylic acids is 3. The number of nitrogens with one attached hydrogen (secondary N) is 1. The highest BCUT2D eigenvalue weighted by Gasteiger charge is 2.40. The van der Waals surface area contributed by atoms with E-state index in [0.29, 0.717) is 31.9 Å². The maximum absolute atomic E-state index is 12.9. The monoisotopic (exact) mass is 388 g/mol. The molecule has 7 nitrogen and oxygen atoms in total. The molecule has 0 unspecified atom stereocenters. The average Bonchev–Trinajstić information content (AvgIpc) is 2.69. The van der Waals surface area contributed by atoms with Crippen molar-refractivity contribution in [2.75, 3.05) is 49.5 Å². The Bertz CT molecular complexity index is 703. The van der Waals surface area contributed by atoms with Gasteiger partial charge in [0.25, 0.3) is 0 Å². The van der Waals surface area contributed by atoms with Gasteiger partial charge in [0.15, 0.2) is 0 Å². The van der Waals surface area contributed by atoms with E-state index in [1.54, 1.807) is 23.6 Å². The zero-order valence-electron chi connectivity index (χ0n) is 17.6. The Morgan fingerprint density at radius 2 is 1.46 bits per heavy atom. The topological polar surface area (TPSA) is 73.0 Å². The lowest BCUT2D eigenvalue weighted by molar-refractivity contribution is -0.149. The van der Waals surface area contributed by atoms with Gasteiger partial charge >= 0.3 is 0 Å². The van der Waals surface area contributed by atoms with E-state index in [-0.39, 0.29) is 17.7 Å². The average molecular weight is 389 g/mol. The molecule has 1 fully saturated rings. The molecular weight excluding hydrogens is 356 g/mol. The Morgan fingerprint density at radius 1 is 0.964 bits per heavy atom. The van der Waals surface area contributed by atoms with Crippen LogP contribution >= 0.6 is 0 Å². The minimum Gasteiger partial charge on any atom is -0.372 e. The van der Waals surface area contributed by atoms with Crippen molar-refractivity contribution in [3.05, 3.63) is 24.3 Å². The molecule has 0 saturated carbocycles. The Morgan fingerprint density at radius 3 is 1.93 bits per heavy atom. The van der Waals surface area contributed by atoms with Crippen molar-refractivity contribution in [2.24, 2.45) is 5.41 Å². The van der Waals surface area contributed by atoms with Crippen LogP contribution in [0.1, 0.15) is 34.6 Å². The molecule has 1 saturated heterocycles. The molecule has 0 atom stereocenters. The second-order valence-electron chi connectivity index (χ2n) is 7.60. The highest BCUT2D eigenvalue weighted by Crippen LogP contribution is 2.24. The minimum absolute atomic E-state index is 0.0114. The van der Waals surface area contributed by atoms with Crippen LogP contribution in [0.15, 0.2) is 24.3 Å². The zero-order valence-corrected chi connectivity index (χ0v) is 17.6. The van der Waals surface area contributed by atoms with Crippen LogP contribution in [0.25, 0.3) is 0 Å². The van der Waals surface area contributed by atoms with E-state index >= 15 is 0 Å². The van der Waals surface area contributed by atoms with Gasteiger partial charge in [0.2, 0.25) is 17.7 Å². The van der Waals surface area contributed by atoms with E-state index in [4.69, 9.17) is 0 Å². The fraction of sp³-hybridized carbons (Fsp3) is 0.571. The smallest absolute Gasteiger partial charge is 0.239 e. The number of nitrogens with zero attached hydrogens (tertiary/aromatic N) is 3. The summed E-state index contributed by atoms with van der Waals surface area (Å²) < 4.78 is 0. The molecule has 0 aliphatic carbocycles. The number of carbonyl (C=O) groups is 3. The summed E-state index contributed by atoms with van der Waals surface area (Å²) in [6.07, 6.45) is 0. The third-order valence-electron chi connectivity index (χ3n) is 5.37. The number of hydrogen-bond acceptors (Lipinski definition) is 4. The first-order valence-corrected chi connectivity index (χ1v) is 9.92. The van der Waals surface area contributed by atoms with Crippen LogP contribution in [0.3, 0.4) is 0 Å². The molecule has 154 valence electrons. The lowest BCUT2D eigenvalue weighted by atomic mass is 9.89. The molecule has 2 rings (SSSR count). The van der Waals surface area contributed by atoms with Gasteiger partial charge in [-0.05, 0) is 52.0 Å². The molecule has 1 N–H and O–H groups in total. The fourth-order valence-electron chi connectivity index (χ4n) is 3.35. The quantitative estimate of drug-likeness (QED) is 0.758. The summed E-state index contributed by atoms with van der Waals surface area (Å²) in [7, 11) is 0. The normalized spacial score (nSPS) is 14.6. The first-order chi connectivity index (χ1) is 13.2. The second kappa shape index (κ2) is 9.08. The van der Waals surface area contributed by atoms with Crippen LogP contribution in [-0.4, -0.2) is 66.8 Å². The number of hydrogen-bond donors (Lipinski definition) is 1. The van der Waals surface area contributed by atoms with E-state index in [1.165, 1.54) is 6.92 Å². The van der Waals surface area contributed by atoms with Crippen molar-refractivity contribution in [1.82, 2.24) is 9.80 Å². The van der Waals surface area contributed by atoms with Crippen LogP contribution in [-0.2, 0) is 14.4 Å². The van der Waals surface area contributed by atoms with Crippen molar-refractivity contribution < 1.29 is 14.4 Å². The van der Waals surface area contributed by atoms with Gasteiger partial charge in [-0.1, -0.05) is 0 Å². The summed E-state index contributed by atoms with van der Waals surface area (Å²) in [5.74, 6) is -0.535. The molecule has 28 heavy (non-hydrogen) atoms. The number of amides is 3. The van der Waals surface area contributed by atoms with Crippen LogP contribution in [0.4, 0.5) is 11.4 Å². The molecule has 0 radical (unpaired) electrons. The summed E-state index contributed by atoms with van der Waals surface area (Å²) in [4.78, 5) is 42.7. The molecule has 3 amide bonds. The number of anilines is 2. The molecule has 1 heterocycles. The van der Waals surface area contributed by atoms with Gasteiger partial charge < -0.3 is 20.0 Å². The van der Waals surface area contributed by atoms with E-state index < -0.39 is 5.41 Å². The van der Waals surface area contributed by atoms with E-state index in [9.17, 15) is 14.4 Å². The highest BCUT2D eigenvalue weighted by atomic mass is 16.2. The number of piperazine rings is 1. The Kier molecular flexibility index (Phi) is 7.05. The predicted octanol–water partition coefficient (Wildman–Crippen LogP) is 2.19.